The third-order valence-corrected chi connectivity index (χ3v) is 7.16. The first-order valence-corrected chi connectivity index (χ1v) is 9.71. The summed E-state index contributed by atoms with van der Waals surface area (Å²) in [5, 5.41) is 0. The van der Waals surface area contributed by atoms with Crippen LogP contribution in [-0.2, 0) is 6.54 Å². The highest BCUT2D eigenvalue weighted by Gasteiger charge is 2.67. The van der Waals surface area contributed by atoms with Crippen LogP contribution in [0.1, 0.15) is 64.2 Å². The highest BCUT2D eigenvalue weighted by Crippen LogP contribution is 2.69. The second-order valence-electron chi connectivity index (χ2n) is 8.15. The molecule has 1 saturated carbocycles. The number of carbonyl (C=O) groups excluding carboxylic acids is 1. The van der Waals surface area contributed by atoms with Gasteiger partial charge in [0.1, 0.15) is 0 Å². The molecular formula is C20H27NO2S. The maximum absolute atomic E-state index is 12.9. The minimum Gasteiger partial charge on any atom is -0.299 e. The van der Waals surface area contributed by atoms with Crippen LogP contribution in [0.25, 0.3) is 10.2 Å². The minimum atomic E-state index is 0.0399. The summed E-state index contributed by atoms with van der Waals surface area (Å²) in [6.07, 6.45) is 3.29. The molecule has 1 aliphatic rings. The molecule has 130 valence electrons. The second-order valence-corrected chi connectivity index (χ2v) is 9.14. The lowest BCUT2D eigenvalue weighted by Gasteiger charge is -2.05. The quantitative estimate of drug-likeness (QED) is 0.538. The van der Waals surface area contributed by atoms with E-state index in [1.165, 1.54) is 11.3 Å². The van der Waals surface area contributed by atoms with Crippen LogP contribution in [0.4, 0.5) is 0 Å². The molecule has 1 fully saturated rings. The monoisotopic (exact) mass is 345 g/mol. The van der Waals surface area contributed by atoms with Crippen molar-refractivity contribution in [2.75, 3.05) is 0 Å². The van der Waals surface area contributed by atoms with Gasteiger partial charge >= 0.3 is 4.87 Å². The Labute approximate surface area is 147 Å². The summed E-state index contributed by atoms with van der Waals surface area (Å²) >= 11 is 1.26. The lowest BCUT2D eigenvalue weighted by atomic mass is 10.0. The van der Waals surface area contributed by atoms with Gasteiger partial charge in [0.05, 0.1) is 10.2 Å². The second kappa shape index (κ2) is 5.83. The molecule has 0 atom stereocenters. The SMILES string of the molecule is CCCCCn1c(=O)sc2cc(C(=O)C3C(C)(C)C3(C)C)ccc21. The number of nitrogens with zero attached hydrogens (tertiary/aromatic N) is 1. The van der Waals surface area contributed by atoms with Crippen LogP contribution in [0.3, 0.4) is 0 Å². The molecule has 0 saturated heterocycles. The molecule has 0 radical (unpaired) electrons. The number of thiazole rings is 1. The molecule has 0 unspecified atom stereocenters. The van der Waals surface area contributed by atoms with Crippen LogP contribution in [0.2, 0.25) is 0 Å². The van der Waals surface area contributed by atoms with Crippen molar-refractivity contribution in [2.24, 2.45) is 16.7 Å². The zero-order valence-corrected chi connectivity index (χ0v) is 16.1. The lowest BCUT2D eigenvalue weighted by molar-refractivity contribution is 0.0945. The topological polar surface area (TPSA) is 39.1 Å². The van der Waals surface area contributed by atoms with Gasteiger partial charge in [0, 0.05) is 18.0 Å². The normalized spacial score (nSPS) is 18.9. The number of hydrogen-bond donors (Lipinski definition) is 0. The van der Waals surface area contributed by atoms with Crippen LogP contribution < -0.4 is 4.87 Å². The minimum absolute atomic E-state index is 0.0399. The molecule has 1 aliphatic carbocycles. The van der Waals surface area contributed by atoms with Gasteiger partial charge in [-0.3, -0.25) is 14.2 Å². The number of benzene rings is 1. The number of aryl methyl sites for hydroxylation is 1. The number of aromatic nitrogens is 1. The summed E-state index contributed by atoms with van der Waals surface area (Å²) in [4.78, 5) is 25.2. The van der Waals surface area contributed by atoms with E-state index in [0.717, 1.165) is 41.6 Å². The molecule has 1 heterocycles. The van der Waals surface area contributed by atoms with E-state index >= 15 is 0 Å². The Bertz CT molecular complexity index is 827. The van der Waals surface area contributed by atoms with Gasteiger partial charge < -0.3 is 0 Å². The highest BCUT2D eigenvalue weighted by atomic mass is 32.1. The summed E-state index contributed by atoms with van der Waals surface area (Å²) in [5.74, 6) is 0.274. The molecule has 0 amide bonds. The molecule has 0 spiro atoms. The zero-order valence-electron chi connectivity index (χ0n) is 15.3. The fourth-order valence-electron chi connectivity index (χ4n) is 3.97. The maximum Gasteiger partial charge on any atom is 0.308 e. The van der Waals surface area contributed by atoms with E-state index in [1.54, 1.807) is 0 Å². The number of fused-ring (bicyclic) bond motifs is 1. The molecule has 1 aromatic carbocycles. The molecule has 0 aliphatic heterocycles. The van der Waals surface area contributed by atoms with Crippen LogP contribution in [-0.4, -0.2) is 10.4 Å². The van der Waals surface area contributed by atoms with E-state index in [1.807, 2.05) is 22.8 Å². The van der Waals surface area contributed by atoms with Crippen LogP contribution in [0, 0.1) is 16.7 Å². The highest BCUT2D eigenvalue weighted by molar-refractivity contribution is 7.16. The fraction of sp³-hybridized carbons (Fsp3) is 0.600. The predicted molar refractivity (Wildman–Crippen MR) is 101 cm³/mol. The first kappa shape index (κ1) is 17.4. The van der Waals surface area contributed by atoms with Gasteiger partial charge in [-0.1, -0.05) is 58.8 Å². The Kier molecular flexibility index (Phi) is 4.23. The number of Topliss-reactive ketones (excluding diaryl/α,β-unsaturated/α-hetero) is 1. The fourth-order valence-corrected chi connectivity index (χ4v) is 4.93. The van der Waals surface area contributed by atoms with Crippen LogP contribution in [0.5, 0.6) is 0 Å². The van der Waals surface area contributed by atoms with Gasteiger partial charge in [-0.15, -0.1) is 0 Å². The molecule has 1 aromatic heterocycles. The summed E-state index contributed by atoms with van der Waals surface area (Å²) in [6.45, 7) is 11.6. The number of unbranched alkanes of at least 4 members (excludes halogenated alkanes) is 2. The van der Waals surface area contributed by atoms with E-state index in [2.05, 4.69) is 34.6 Å². The smallest absolute Gasteiger partial charge is 0.299 e. The Morgan fingerprint density at radius 1 is 1.17 bits per heavy atom. The van der Waals surface area contributed by atoms with Crippen molar-refractivity contribution in [3.05, 3.63) is 33.4 Å². The third kappa shape index (κ3) is 2.55. The van der Waals surface area contributed by atoms with E-state index in [0.29, 0.717) is 0 Å². The van der Waals surface area contributed by atoms with E-state index < -0.39 is 0 Å². The number of rotatable bonds is 6. The van der Waals surface area contributed by atoms with Crippen molar-refractivity contribution in [2.45, 2.75) is 60.4 Å². The Balaban J connectivity index is 1.91. The summed E-state index contributed by atoms with van der Waals surface area (Å²) in [6, 6.07) is 5.77. The van der Waals surface area contributed by atoms with Crippen molar-refractivity contribution in [3.8, 4) is 0 Å². The molecule has 0 bridgehead atoms. The molecule has 3 rings (SSSR count). The van der Waals surface area contributed by atoms with Crippen LogP contribution >= 0.6 is 11.3 Å². The van der Waals surface area contributed by atoms with Gasteiger partial charge in [-0.25, -0.2) is 0 Å². The van der Waals surface area contributed by atoms with Gasteiger partial charge in [0.15, 0.2) is 5.78 Å². The van der Waals surface area contributed by atoms with Crippen molar-refractivity contribution >= 4 is 27.3 Å². The molecule has 3 nitrogen and oxygen atoms in total. The van der Waals surface area contributed by atoms with Gasteiger partial charge in [0.25, 0.3) is 0 Å². The van der Waals surface area contributed by atoms with Crippen molar-refractivity contribution in [3.63, 3.8) is 0 Å². The molecule has 24 heavy (non-hydrogen) atoms. The Morgan fingerprint density at radius 3 is 2.42 bits per heavy atom. The summed E-state index contributed by atoms with van der Waals surface area (Å²) in [7, 11) is 0. The molecule has 0 N–H and O–H groups in total. The van der Waals surface area contributed by atoms with Crippen molar-refractivity contribution < 1.29 is 4.79 Å². The first-order chi connectivity index (χ1) is 11.2. The third-order valence-electron chi connectivity index (χ3n) is 6.22. The zero-order chi connectivity index (χ0) is 17.7. The van der Waals surface area contributed by atoms with E-state index in [9.17, 15) is 9.59 Å². The maximum atomic E-state index is 12.9. The molecule has 2 aromatic rings. The number of ketones is 1. The average molecular weight is 346 g/mol. The Hall–Kier alpha value is -1.42. The lowest BCUT2D eigenvalue weighted by Crippen LogP contribution is -2.12. The van der Waals surface area contributed by atoms with Gasteiger partial charge in [-0.05, 0) is 35.4 Å². The standard InChI is InChI=1S/C20H27NO2S/c1-6-7-8-11-21-14-10-9-13(12-15(14)24-18(21)23)16(22)17-19(2,3)20(17,4)5/h9-10,12,17H,6-8,11H2,1-5H3. The van der Waals surface area contributed by atoms with Gasteiger partial charge in [0.2, 0.25) is 0 Å². The average Bonchev–Trinajstić information content (AvgIpc) is 2.76. The van der Waals surface area contributed by atoms with Crippen molar-refractivity contribution in [1.82, 2.24) is 4.57 Å². The Morgan fingerprint density at radius 2 is 1.83 bits per heavy atom. The summed E-state index contributed by atoms with van der Waals surface area (Å²) in [5.41, 5.74) is 1.79. The van der Waals surface area contributed by atoms with Crippen molar-refractivity contribution in [1.29, 1.82) is 0 Å². The predicted octanol–water partition coefficient (Wildman–Crippen LogP) is 5.12. The van der Waals surface area contributed by atoms with Gasteiger partial charge in [-0.2, -0.15) is 0 Å². The number of carbonyl (C=O) groups is 1. The van der Waals surface area contributed by atoms with Crippen LogP contribution in [0.15, 0.2) is 23.0 Å². The summed E-state index contributed by atoms with van der Waals surface area (Å²) < 4.78 is 2.79. The number of hydrogen-bond acceptors (Lipinski definition) is 3. The first-order valence-electron chi connectivity index (χ1n) is 8.89. The largest absolute Gasteiger partial charge is 0.308 e. The van der Waals surface area contributed by atoms with E-state index in [-0.39, 0.29) is 27.4 Å². The molecular weight excluding hydrogens is 318 g/mol. The molecule has 4 heteroatoms. The van der Waals surface area contributed by atoms with E-state index in [4.69, 9.17) is 0 Å².